The van der Waals surface area contributed by atoms with E-state index in [1.807, 2.05) is 0 Å². The third-order valence-corrected chi connectivity index (χ3v) is 3.39. The first kappa shape index (κ1) is 11.4. The van der Waals surface area contributed by atoms with Crippen molar-refractivity contribution in [3.63, 3.8) is 0 Å². The Bertz CT molecular complexity index is 301. The number of hydrogen-bond donors (Lipinski definition) is 0. The van der Waals surface area contributed by atoms with Crippen LogP contribution in [0.2, 0.25) is 0 Å². The SMILES string of the molecule is CCOC(=O)[C@H]1CC[C@H]2C(=O)O[C@H](OC)[C@@H]12. The van der Waals surface area contributed by atoms with Crippen LogP contribution in [0, 0.1) is 17.8 Å². The highest BCUT2D eigenvalue weighted by Gasteiger charge is 2.55. The van der Waals surface area contributed by atoms with Crippen LogP contribution in [0.25, 0.3) is 0 Å². The van der Waals surface area contributed by atoms with Crippen LogP contribution in [0.15, 0.2) is 0 Å². The van der Waals surface area contributed by atoms with Crippen molar-refractivity contribution in [3.05, 3.63) is 0 Å². The van der Waals surface area contributed by atoms with Gasteiger partial charge in [-0.2, -0.15) is 0 Å². The van der Waals surface area contributed by atoms with Gasteiger partial charge in [0.1, 0.15) is 0 Å². The van der Waals surface area contributed by atoms with E-state index in [-0.39, 0.29) is 29.7 Å². The van der Waals surface area contributed by atoms with Crippen LogP contribution >= 0.6 is 0 Å². The Morgan fingerprint density at radius 1 is 1.50 bits per heavy atom. The van der Waals surface area contributed by atoms with Crippen LogP contribution in [-0.4, -0.2) is 31.9 Å². The van der Waals surface area contributed by atoms with E-state index in [0.29, 0.717) is 19.4 Å². The second kappa shape index (κ2) is 4.41. The minimum atomic E-state index is -0.589. The van der Waals surface area contributed by atoms with Gasteiger partial charge in [-0.15, -0.1) is 0 Å². The van der Waals surface area contributed by atoms with Crippen LogP contribution < -0.4 is 0 Å². The molecular weight excluding hydrogens is 212 g/mol. The molecule has 5 heteroatoms. The summed E-state index contributed by atoms with van der Waals surface area (Å²) in [6.45, 7) is 2.13. The lowest BCUT2D eigenvalue weighted by Gasteiger charge is -2.20. The second-order valence-electron chi connectivity index (χ2n) is 4.16. The van der Waals surface area contributed by atoms with E-state index in [4.69, 9.17) is 14.2 Å². The second-order valence-corrected chi connectivity index (χ2v) is 4.16. The van der Waals surface area contributed by atoms with Crippen LogP contribution in [-0.2, 0) is 23.8 Å². The average Bonchev–Trinajstić information content (AvgIpc) is 2.80. The van der Waals surface area contributed by atoms with Gasteiger partial charge in [-0.05, 0) is 19.8 Å². The predicted molar refractivity (Wildman–Crippen MR) is 53.2 cm³/mol. The third-order valence-electron chi connectivity index (χ3n) is 3.39. The monoisotopic (exact) mass is 228 g/mol. The van der Waals surface area contributed by atoms with Gasteiger partial charge in [0, 0.05) is 13.0 Å². The highest BCUT2D eigenvalue weighted by molar-refractivity contribution is 5.80. The van der Waals surface area contributed by atoms with Crippen molar-refractivity contribution in [1.29, 1.82) is 0 Å². The molecule has 2 aliphatic rings. The van der Waals surface area contributed by atoms with Crippen LogP contribution in [0.5, 0.6) is 0 Å². The first-order valence-corrected chi connectivity index (χ1v) is 5.59. The van der Waals surface area contributed by atoms with Gasteiger partial charge in [-0.3, -0.25) is 9.59 Å². The number of methoxy groups -OCH3 is 1. The van der Waals surface area contributed by atoms with Crippen molar-refractivity contribution < 1.29 is 23.8 Å². The minimum absolute atomic E-state index is 0.170. The van der Waals surface area contributed by atoms with Gasteiger partial charge in [0.2, 0.25) is 6.29 Å². The van der Waals surface area contributed by atoms with E-state index in [0.717, 1.165) is 0 Å². The summed E-state index contributed by atoms with van der Waals surface area (Å²) in [7, 11) is 1.49. The Balaban J connectivity index is 2.12. The van der Waals surface area contributed by atoms with Crippen molar-refractivity contribution in [2.75, 3.05) is 13.7 Å². The maximum absolute atomic E-state index is 11.7. The number of hydrogen-bond acceptors (Lipinski definition) is 5. The highest BCUT2D eigenvalue weighted by Crippen LogP contribution is 2.46. The van der Waals surface area contributed by atoms with E-state index in [1.54, 1.807) is 6.92 Å². The summed E-state index contributed by atoms with van der Waals surface area (Å²) >= 11 is 0. The molecule has 1 saturated heterocycles. The fourth-order valence-corrected chi connectivity index (χ4v) is 2.69. The van der Waals surface area contributed by atoms with Crippen LogP contribution in [0.4, 0.5) is 0 Å². The molecule has 90 valence electrons. The molecule has 0 spiro atoms. The summed E-state index contributed by atoms with van der Waals surface area (Å²) in [6.07, 6.45) is 0.782. The van der Waals surface area contributed by atoms with Crippen molar-refractivity contribution in [1.82, 2.24) is 0 Å². The van der Waals surface area contributed by atoms with Crippen molar-refractivity contribution >= 4 is 11.9 Å². The number of esters is 2. The summed E-state index contributed by atoms with van der Waals surface area (Å²) < 4.78 is 15.2. The lowest BCUT2D eigenvalue weighted by molar-refractivity contribution is -0.169. The number of carbonyl (C=O) groups is 2. The van der Waals surface area contributed by atoms with Crippen molar-refractivity contribution in [2.24, 2.45) is 17.8 Å². The molecule has 1 aliphatic heterocycles. The molecular formula is C11H16O5. The van der Waals surface area contributed by atoms with E-state index >= 15 is 0 Å². The Hall–Kier alpha value is -1.10. The first-order chi connectivity index (χ1) is 7.69. The molecule has 0 unspecified atom stereocenters. The molecule has 0 radical (unpaired) electrons. The molecule has 1 aliphatic carbocycles. The first-order valence-electron chi connectivity index (χ1n) is 5.59. The smallest absolute Gasteiger partial charge is 0.311 e. The molecule has 2 rings (SSSR count). The van der Waals surface area contributed by atoms with Gasteiger partial charge in [-0.25, -0.2) is 0 Å². The fourth-order valence-electron chi connectivity index (χ4n) is 2.69. The Morgan fingerprint density at radius 2 is 2.25 bits per heavy atom. The molecule has 0 N–H and O–H groups in total. The lowest BCUT2D eigenvalue weighted by Crippen LogP contribution is -2.30. The molecule has 0 bridgehead atoms. The van der Waals surface area contributed by atoms with Gasteiger partial charge in [-0.1, -0.05) is 0 Å². The van der Waals surface area contributed by atoms with Gasteiger partial charge in [0.05, 0.1) is 18.4 Å². The van der Waals surface area contributed by atoms with Gasteiger partial charge < -0.3 is 14.2 Å². The molecule has 0 aromatic carbocycles. The molecule has 4 atom stereocenters. The minimum Gasteiger partial charge on any atom is -0.466 e. The molecule has 1 saturated carbocycles. The standard InChI is InChI=1S/C11H16O5/c1-3-15-9(12)6-4-5-7-8(6)11(14-2)16-10(7)13/h6-8,11H,3-5H2,1-2H3/t6-,7+,8-,11-/m0/s1. The number of carbonyl (C=O) groups excluding carboxylic acids is 2. The Labute approximate surface area is 94.0 Å². The number of rotatable bonds is 3. The topological polar surface area (TPSA) is 61.8 Å². The molecule has 16 heavy (non-hydrogen) atoms. The molecule has 0 aromatic rings. The molecule has 0 amide bonds. The summed E-state index contributed by atoms with van der Waals surface area (Å²) in [5.41, 5.74) is 0. The Morgan fingerprint density at radius 3 is 2.88 bits per heavy atom. The van der Waals surface area contributed by atoms with E-state index in [9.17, 15) is 9.59 Å². The largest absolute Gasteiger partial charge is 0.466 e. The molecule has 2 fully saturated rings. The average molecular weight is 228 g/mol. The van der Waals surface area contributed by atoms with Gasteiger partial charge >= 0.3 is 11.9 Å². The summed E-state index contributed by atoms with van der Waals surface area (Å²) in [5, 5.41) is 0. The lowest BCUT2D eigenvalue weighted by atomic mass is 9.91. The van der Waals surface area contributed by atoms with E-state index in [1.165, 1.54) is 7.11 Å². The molecule has 0 aromatic heterocycles. The quantitative estimate of drug-likeness (QED) is 0.666. The maximum atomic E-state index is 11.7. The van der Waals surface area contributed by atoms with E-state index < -0.39 is 6.29 Å². The van der Waals surface area contributed by atoms with E-state index in [2.05, 4.69) is 0 Å². The normalized spacial score (nSPS) is 37.0. The number of fused-ring (bicyclic) bond motifs is 1. The Kier molecular flexibility index (Phi) is 3.14. The zero-order valence-corrected chi connectivity index (χ0v) is 9.47. The zero-order valence-electron chi connectivity index (χ0n) is 9.47. The zero-order chi connectivity index (χ0) is 11.7. The van der Waals surface area contributed by atoms with Crippen molar-refractivity contribution in [3.8, 4) is 0 Å². The van der Waals surface area contributed by atoms with Gasteiger partial charge in [0.25, 0.3) is 0 Å². The summed E-state index contributed by atoms with van der Waals surface area (Å²) in [6, 6.07) is 0. The van der Waals surface area contributed by atoms with Crippen molar-refractivity contribution in [2.45, 2.75) is 26.1 Å². The molecule has 1 heterocycles. The van der Waals surface area contributed by atoms with Crippen LogP contribution in [0.1, 0.15) is 19.8 Å². The highest BCUT2D eigenvalue weighted by atomic mass is 16.7. The predicted octanol–water partition coefficient (Wildman–Crippen LogP) is 0.721. The third kappa shape index (κ3) is 1.69. The van der Waals surface area contributed by atoms with Crippen LogP contribution in [0.3, 0.4) is 0 Å². The maximum Gasteiger partial charge on any atom is 0.311 e. The summed E-state index contributed by atoms with van der Waals surface area (Å²) in [5.74, 6) is -1.11. The fraction of sp³-hybridized carbons (Fsp3) is 0.818. The van der Waals surface area contributed by atoms with Gasteiger partial charge in [0.15, 0.2) is 0 Å². The number of ether oxygens (including phenoxy) is 3. The number of cyclic esters (lactones) is 1. The summed E-state index contributed by atoms with van der Waals surface area (Å²) in [4.78, 5) is 23.2. The molecule has 5 nitrogen and oxygen atoms in total.